The van der Waals surface area contributed by atoms with Gasteiger partial charge in [-0.15, -0.1) is 0 Å². The lowest BCUT2D eigenvalue weighted by atomic mass is 10.1. The summed E-state index contributed by atoms with van der Waals surface area (Å²) in [7, 11) is -3.21. The minimum Gasteiger partial charge on any atom is -0.344 e. The highest BCUT2D eigenvalue weighted by Crippen LogP contribution is 2.16. The fourth-order valence-corrected chi connectivity index (χ4v) is 2.49. The standard InChI is InChI=1S/C15H16N2O3S/c1-11(17-15(18)14-5-3-4-10-16-14)12-6-8-13(9-7-12)21(2,19)20/h3-11H,1-2H3,(H,17,18)/t11-/m1/s1. The van der Waals surface area contributed by atoms with Crippen LogP contribution in [0.1, 0.15) is 29.0 Å². The summed E-state index contributed by atoms with van der Waals surface area (Å²) in [5.74, 6) is -0.268. The molecule has 2 aromatic rings. The summed E-state index contributed by atoms with van der Waals surface area (Å²) < 4.78 is 22.8. The Bertz CT molecular complexity index is 725. The van der Waals surface area contributed by atoms with Gasteiger partial charge in [-0.3, -0.25) is 9.78 Å². The first-order valence-electron chi connectivity index (χ1n) is 6.40. The van der Waals surface area contributed by atoms with Gasteiger partial charge in [0.1, 0.15) is 5.69 Å². The second kappa shape index (κ2) is 6.05. The number of aromatic nitrogens is 1. The minimum atomic E-state index is -3.21. The molecule has 1 aromatic heterocycles. The largest absolute Gasteiger partial charge is 0.344 e. The molecule has 1 N–H and O–H groups in total. The zero-order valence-electron chi connectivity index (χ0n) is 11.8. The first-order chi connectivity index (χ1) is 9.88. The normalized spacial score (nSPS) is 12.7. The Labute approximate surface area is 124 Å². The summed E-state index contributed by atoms with van der Waals surface area (Å²) >= 11 is 0. The summed E-state index contributed by atoms with van der Waals surface area (Å²) in [6.45, 7) is 1.83. The number of pyridine rings is 1. The third-order valence-corrected chi connectivity index (χ3v) is 4.18. The molecule has 0 fully saturated rings. The number of amides is 1. The average molecular weight is 304 g/mol. The van der Waals surface area contributed by atoms with E-state index in [-0.39, 0.29) is 16.8 Å². The van der Waals surface area contributed by atoms with Crippen LogP contribution >= 0.6 is 0 Å². The van der Waals surface area contributed by atoms with E-state index >= 15 is 0 Å². The highest BCUT2D eigenvalue weighted by atomic mass is 32.2. The second-order valence-corrected chi connectivity index (χ2v) is 6.77. The van der Waals surface area contributed by atoms with Crippen molar-refractivity contribution >= 4 is 15.7 Å². The molecule has 0 aliphatic heterocycles. The van der Waals surface area contributed by atoms with E-state index in [9.17, 15) is 13.2 Å². The maximum atomic E-state index is 12.0. The molecule has 0 aliphatic rings. The molecule has 6 heteroatoms. The average Bonchev–Trinajstić information content (AvgIpc) is 2.47. The van der Waals surface area contributed by atoms with Gasteiger partial charge >= 0.3 is 0 Å². The van der Waals surface area contributed by atoms with Crippen molar-refractivity contribution < 1.29 is 13.2 Å². The monoisotopic (exact) mass is 304 g/mol. The molecule has 0 spiro atoms. The van der Waals surface area contributed by atoms with Crippen molar-refractivity contribution in [1.29, 1.82) is 0 Å². The third kappa shape index (κ3) is 3.88. The SMILES string of the molecule is C[C@@H](NC(=O)c1ccccn1)c1ccc(S(C)(=O)=O)cc1. The fraction of sp³-hybridized carbons (Fsp3) is 0.200. The summed E-state index contributed by atoms with van der Waals surface area (Å²) in [5.41, 5.74) is 1.17. The van der Waals surface area contributed by atoms with Crippen LogP contribution in [-0.4, -0.2) is 25.6 Å². The van der Waals surface area contributed by atoms with Crippen molar-refractivity contribution in [3.63, 3.8) is 0 Å². The summed E-state index contributed by atoms with van der Waals surface area (Å²) in [4.78, 5) is 16.2. The van der Waals surface area contributed by atoms with Gasteiger partial charge in [0.05, 0.1) is 10.9 Å². The van der Waals surface area contributed by atoms with E-state index in [1.54, 1.807) is 36.5 Å². The number of hydrogen-bond acceptors (Lipinski definition) is 4. The van der Waals surface area contributed by atoms with Crippen LogP contribution in [0.3, 0.4) is 0 Å². The van der Waals surface area contributed by atoms with Gasteiger partial charge in [0, 0.05) is 12.5 Å². The molecule has 21 heavy (non-hydrogen) atoms. The van der Waals surface area contributed by atoms with Crippen LogP contribution in [0, 0.1) is 0 Å². The summed E-state index contributed by atoms with van der Waals surface area (Å²) in [6, 6.07) is 11.3. The number of sulfone groups is 1. The number of hydrogen-bond donors (Lipinski definition) is 1. The van der Waals surface area contributed by atoms with Gasteiger partial charge in [-0.1, -0.05) is 18.2 Å². The van der Waals surface area contributed by atoms with E-state index in [1.165, 1.54) is 12.1 Å². The van der Waals surface area contributed by atoms with Gasteiger partial charge in [-0.05, 0) is 36.8 Å². The van der Waals surface area contributed by atoms with Crippen molar-refractivity contribution in [2.24, 2.45) is 0 Å². The number of rotatable bonds is 4. The van der Waals surface area contributed by atoms with E-state index in [2.05, 4.69) is 10.3 Å². The highest BCUT2D eigenvalue weighted by Gasteiger charge is 2.13. The molecule has 0 bridgehead atoms. The molecule has 0 saturated heterocycles. The lowest BCUT2D eigenvalue weighted by molar-refractivity contribution is 0.0935. The summed E-state index contributed by atoms with van der Waals surface area (Å²) in [6.07, 6.45) is 2.72. The lowest BCUT2D eigenvalue weighted by Gasteiger charge is -2.14. The van der Waals surface area contributed by atoms with Crippen molar-refractivity contribution in [3.05, 3.63) is 59.9 Å². The first kappa shape index (κ1) is 15.2. The highest BCUT2D eigenvalue weighted by molar-refractivity contribution is 7.90. The predicted octanol–water partition coefficient (Wildman–Crippen LogP) is 1.98. The van der Waals surface area contributed by atoms with Crippen LogP contribution in [0.2, 0.25) is 0 Å². The number of nitrogens with one attached hydrogen (secondary N) is 1. The molecule has 0 saturated carbocycles. The van der Waals surface area contributed by atoms with Crippen LogP contribution < -0.4 is 5.32 Å². The number of nitrogens with zero attached hydrogens (tertiary/aromatic N) is 1. The minimum absolute atomic E-state index is 0.242. The quantitative estimate of drug-likeness (QED) is 0.937. The molecule has 1 heterocycles. The van der Waals surface area contributed by atoms with E-state index in [0.29, 0.717) is 5.69 Å². The molecule has 5 nitrogen and oxygen atoms in total. The van der Waals surface area contributed by atoms with Gasteiger partial charge in [0.25, 0.3) is 5.91 Å². The Morgan fingerprint density at radius 2 is 1.81 bits per heavy atom. The molecular weight excluding hydrogens is 288 g/mol. The molecule has 110 valence electrons. The van der Waals surface area contributed by atoms with Gasteiger partial charge in [-0.25, -0.2) is 8.42 Å². The zero-order valence-corrected chi connectivity index (χ0v) is 12.6. The number of carbonyl (C=O) groups is 1. The van der Waals surface area contributed by atoms with E-state index in [1.807, 2.05) is 6.92 Å². The van der Waals surface area contributed by atoms with Gasteiger partial charge < -0.3 is 5.32 Å². The van der Waals surface area contributed by atoms with E-state index in [4.69, 9.17) is 0 Å². The van der Waals surface area contributed by atoms with Crippen LogP contribution in [0.4, 0.5) is 0 Å². The maximum absolute atomic E-state index is 12.0. The Balaban J connectivity index is 2.10. The van der Waals surface area contributed by atoms with Crippen molar-refractivity contribution in [2.45, 2.75) is 17.9 Å². The van der Waals surface area contributed by atoms with Crippen molar-refractivity contribution in [2.75, 3.05) is 6.26 Å². The predicted molar refractivity (Wildman–Crippen MR) is 79.7 cm³/mol. The first-order valence-corrected chi connectivity index (χ1v) is 8.29. The Hall–Kier alpha value is -2.21. The topological polar surface area (TPSA) is 76.1 Å². The smallest absolute Gasteiger partial charge is 0.270 e. The van der Waals surface area contributed by atoms with Gasteiger partial charge in [0.15, 0.2) is 9.84 Å². The molecule has 1 atom stereocenters. The van der Waals surface area contributed by atoms with Crippen LogP contribution in [0.5, 0.6) is 0 Å². The second-order valence-electron chi connectivity index (χ2n) is 4.75. The van der Waals surface area contributed by atoms with Gasteiger partial charge in [0.2, 0.25) is 0 Å². The van der Waals surface area contributed by atoms with Crippen molar-refractivity contribution in [1.82, 2.24) is 10.3 Å². The molecule has 0 radical (unpaired) electrons. The number of benzene rings is 1. The van der Waals surface area contributed by atoms with E-state index in [0.717, 1.165) is 11.8 Å². The molecule has 2 rings (SSSR count). The number of carbonyl (C=O) groups excluding carboxylic acids is 1. The van der Waals surface area contributed by atoms with Gasteiger partial charge in [-0.2, -0.15) is 0 Å². The molecule has 0 unspecified atom stereocenters. The zero-order chi connectivity index (χ0) is 15.5. The van der Waals surface area contributed by atoms with Crippen LogP contribution in [0.15, 0.2) is 53.6 Å². The molecular formula is C15H16N2O3S. The Morgan fingerprint density at radius 3 is 2.33 bits per heavy atom. The fourth-order valence-electron chi connectivity index (χ4n) is 1.85. The van der Waals surface area contributed by atoms with Crippen LogP contribution in [-0.2, 0) is 9.84 Å². The lowest BCUT2D eigenvalue weighted by Crippen LogP contribution is -2.27. The van der Waals surface area contributed by atoms with E-state index < -0.39 is 9.84 Å². The molecule has 0 aliphatic carbocycles. The van der Waals surface area contributed by atoms with Crippen molar-refractivity contribution in [3.8, 4) is 0 Å². The van der Waals surface area contributed by atoms with Crippen LogP contribution in [0.25, 0.3) is 0 Å². The molecule has 1 aromatic carbocycles. The molecule has 1 amide bonds. The summed E-state index contributed by atoms with van der Waals surface area (Å²) in [5, 5.41) is 2.82. The Kier molecular flexibility index (Phi) is 4.37. The Morgan fingerprint density at radius 1 is 1.14 bits per heavy atom. The third-order valence-electron chi connectivity index (χ3n) is 3.05. The maximum Gasteiger partial charge on any atom is 0.270 e.